The van der Waals surface area contributed by atoms with Crippen LogP contribution in [0.2, 0.25) is 0 Å². The van der Waals surface area contributed by atoms with Crippen molar-refractivity contribution in [2.75, 3.05) is 50.7 Å². The quantitative estimate of drug-likeness (QED) is 0.445. The summed E-state index contributed by atoms with van der Waals surface area (Å²) in [4.78, 5) is 25.9. The fourth-order valence-electron chi connectivity index (χ4n) is 3.33. The van der Waals surface area contributed by atoms with Gasteiger partial charge in [0.25, 0.3) is 5.91 Å². The smallest absolute Gasteiger partial charge is 0.251 e. The molecule has 0 radical (unpaired) electrons. The number of rotatable bonds is 6. The first-order valence-electron chi connectivity index (χ1n) is 10.2. The van der Waals surface area contributed by atoms with Crippen LogP contribution >= 0.6 is 0 Å². The number of anilines is 1. The van der Waals surface area contributed by atoms with Crippen molar-refractivity contribution in [3.05, 3.63) is 59.8 Å². The molecule has 1 fully saturated rings. The van der Waals surface area contributed by atoms with Gasteiger partial charge in [-0.15, -0.1) is 0 Å². The van der Waals surface area contributed by atoms with Crippen molar-refractivity contribution < 1.29 is 4.79 Å². The number of amides is 1. The minimum Gasteiger partial charge on any atom is -0.357 e. The number of aromatic nitrogens is 1. The summed E-state index contributed by atoms with van der Waals surface area (Å²) < 4.78 is 0. The van der Waals surface area contributed by atoms with E-state index in [-0.39, 0.29) is 5.91 Å². The monoisotopic (exact) mass is 394 g/mol. The van der Waals surface area contributed by atoms with Gasteiger partial charge in [0.1, 0.15) is 5.82 Å². The number of benzene rings is 1. The zero-order chi connectivity index (χ0) is 20.5. The Hall–Kier alpha value is -3.09. The molecule has 0 aliphatic carbocycles. The molecular weight excluding hydrogens is 364 g/mol. The minimum atomic E-state index is -0.0575. The number of carbonyl (C=O) groups excluding carboxylic acids is 1. The Labute approximate surface area is 172 Å². The Bertz CT molecular complexity index is 815. The maximum atomic E-state index is 12.2. The number of aryl methyl sites for hydroxylation is 1. The first-order chi connectivity index (χ1) is 14.2. The van der Waals surface area contributed by atoms with Crippen molar-refractivity contribution in [3.8, 4) is 0 Å². The average molecular weight is 395 g/mol. The maximum Gasteiger partial charge on any atom is 0.251 e. The van der Waals surface area contributed by atoms with Gasteiger partial charge in [-0.2, -0.15) is 0 Å². The van der Waals surface area contributed by atoms with E-state index >= 15 is 0 Å². The Balaban J connectivity index is 1.49. The van der Waals surface area contributed by atoms with E-state index in [1.165, 1.54) is 0 Å². The first-order valence-corrected chi connectivity index (χ1v) is 10.2. The van der Waals surface area contributed by atoms with Crippen LogP contribution in [0.25, 0.3) is 0 Å². The molecule has 2 aromatic rings. The van der Waals surface area contributed by atoms with Gasteiger partial charge in [0.05, 0.1) is 6.54 Å². The second-order valence-electron chi connectivity index (χ2n) is 7.02. The standard InChI is InChI=1S/C22H30N6O/c1-3-23-22(26-12-11-25-21(29)19-8-6-7-18(2)17-19)28-15-13-27(14-16-28)20-9-4-5-10-24-20/h4-10,17H,3,11-16H2,1-2H3,(H,23,26)(H,25,29). The van der Waals surface area contributed by atoms with Crippen molar-refractivity contribution in [3.63, 3.8) is 0 Å². The van der Waals surface area contributed by atoms with E-state index in [2.05, 4.69) is 32.3 Å². The van der Waals surface area contributed by atoms with E-state index in [0.717, 1.165) is 50.1 Å². The third-order valence-electron chi connectivity index (χ3n) is 4.83. The molecular formula is C22H30N6O. The van der Waals surface area contributed by atoms with Gasteiger partial charge in [0, 0.05) is 51.0 Å². The normalized spacial score (nSPS) is 14.6. The minimum absolute atomic E-state index is 0.0575. The Morgan fingerprint density at radius 2 is 1.93 bits per heavy atom. The number of pyridine rings is 1. The zero-order valence-corrected chi connectivity index (χ0v) is 17.3. The van der Waals surface area contributed by atoms with E-state index in [0.29, 0.717) is 18.7 Å². The molecule has 0 atom stereocenters. The van der Waals surface area contributed by atoms with Crippen LogP contribution in [0, 0.1) is 6.92 Å². The molecule has 7 heteroatoms. The summed E-state index contributed by atoms with van der Waals surface area (Å²) in [5, 5.41) is 6.31. The zero-order valence-electron chi connectivity index (χ0n) is 17.3. The molecule has 29 heavy (non-hydrogen) atoms. The van der Waals surface area contributed by atoms with Crippen molar-refractivity contribution in [2.45, 2.75) is 13.8 Å². The number of carbonyl (C=O) groups is 1. The van der Waals surface area contributed by atoms with Crippen molar-refractivity contribution >= 4 is 17.7 Å². The van der Waals surface area contributed by atoms with Crippen molar-refractivity contribution in [2.24, 2.45) is 4.99 Å². The highest BCUT2D eigenvalue weighted by molar-refractivity contribution is 5.94. The Morgan fingerprint density at radius 3 is 2.62 bits per heavy atom. The molecule has 1 aromatic heterocycles. The fourth-order valence-corrected chi connectivity index (χ4v) is 3.33. The molecule has 1 amide bonds. The van der Waals surface area contributed by atoms with Crippen molar-refractivity contribution in [1.29, 1.82) is 0 Å². The van der Waals surface area contributed by atoms with E-state index in [1.54, 1.807) is 0 Å². The van der Waals surface area contributed by atoms with Crippen LogP contribution in [-0.4, -0.2) is 67.6 Å². The highest BCUT2D eigenvalue weighted by Crippen LogP contribution is 2.12. The highest BCUT2D eigenvalue weighted by Gasteiger charge is 2.20. The number of hydrogen-bond acceptors (Lipinski definition) is 4. The summed E-state index contributed by atoms with van der Waals surface area (Å²) in [6, 6.07) is 13.6. The summed E-state index contributed by atoms with van der Waals surface area (Å²) in [5.41, 5.74) is 1.77. The number of piperazine rings is 1. The molecule has 7 nitrogen and oxygen atoms in total. The Morgan fingerprint density at radius 1 is 1.10 bits per heavy atom. The van der Waals surface area contributed by atoms with Gasteiger partial charge in [-0.1, -0.05) is 23.8 Å². The Kier molecular flexibility index (Phi) is 7.44. The number of aliphatic imine (C=N–C) groups is 1. The molecule has 1 aliphatic heterocycles. The summed E-state index contributed by atoms with van der Waals surface area (Å²) in [5.74, 6) is 1.86. The number of guanidine groups is 1. The van der Waals surface area contributed by atoms with Crippen LogP contribution in [0.1, 0.15) is 22.8 Å². The lowest BCUT2D eigenvalue weighted by molar-refractivity contribution is 0.0954. The van der Waals surface area contributed by atoms with Gasteiger partial charge in [-0.05, 0) is 38.1 Å². The van der Waals surface area contributed by atoms with Crippen LogP contribution in [0.3, 0.4) is 0 Å². The number of hydrogen-bond donors (Lipinski definition) is 2. The van der Waals surface area contributed by atoms with Crippen LogP contribution < -0.4 is 15.5 Å². The third-order valence-corrected chi connectivity index (χ3v) is 4.83. The topological polar surface area (TPSA) is 72.9 Å². The van der Waals surface area contributed by atoms with Crippen LogP contribution in [0.5, 0.6) is 0 Å². The van der Waals surface area contributed by atoms with Crippen molar-refractivity contribution in [1.82, 2.24) is 20.5 Å². The molecule has 0 spiro atoms. The average Bonchev–Trinajstić information content (AvgIpc) is 2.76. The molecule has 154 valence electrons. The van der Waals surface area contributed by atoms with E-state index in [1.807, 2.05) is 55.6 Å². The summed E-state index contributed by atoms with van der Waals surface area (Å²) in [7, 11) is 0. The van der Waals surface area contributed by atoms with Gasteiger partial charge in [0.2, 0.25) is 0 Å². The van der Waals surface area contributed by atoms with E-state index in [4.69, 9.17) is 4.99 Å². The molecule has 0 unspecified atom stereocenters. The fraction of sp³-hybridized carbons (Fsp3) is 0.409. The largest absolute Gasteiger partial charge is 0.357 e. The molecule has 2 N–H and O–H groups in total. The first kappa shape index (κ1) is 20.6. The van der Waals surface area contributed by atoms with Gasteiger partial charge < -0.3 is 20.4 Å². The molecule has 0 saturated carbocycles. The lowest BCUT2D eigenvalue weighted by Crippen LogP contribution is -2.52. The van der Waals surface area contributed by atoms with Crippen LogP contribution in [-0.2, 0) is 0 Å². The van der Waals surface area contributed by atoms with Gasteiger partial charge in [-0.25, -0.2) is 4.98 Å². The summed E-state index contributed by atoms with van der Waals surface area (Å²) in [6.45, 7) is 9.51. The number of nitrogens with one attached hydrogen (secondary N) is 2. The second-order valence-corrected chi connectivity index (χ2v) is 7.02. The van der Waals surface area contributed by atoms with E-state index in [9.17, 15) is 4.79 Å². The molecule has 3 rings (SSSR count). The summed E-state index contributed by atoms with van der Waals surface area (Å²) >= 11 is 0. The number of nitrogens with zero attached hydrogens (tertiary/aromatic N) is 4. The highest BCUT2D eigenvalue weighted by atomic mass is 16.1. The predicted octanol–water partition coefficient (Wildman–Crippen LogP) is 1.91. The lowest BCUT2D eigenvalue weighted by atomic mass is 10.1. The molecule has 1 saturated heterocycles. The molecule has 2 heterocycles. The molecule has 1 aromatic carbocycles. The van der Waals surface area contributed by atoms with Crippen LogP contribution in [0.4, 0.5) is 5.82 Å². The van der Waals surface area contributed by atoms with Gasteiger partial charge >= 0.3 is 0 Å². The van der Waals surface area contributed by atoms with Gasteiger partial charge in [-0.3, -0.25) is 9.79 Å². The molecule has 0 bridgehead atoms. The third kappa shape index (κ3) is 5.94. The van der Waals surface area contributed by atoms with Crippen LogP contribution in [0.15, 0.2) is 53.7 Å². The van der Waals surface area contributed by atoms with Gasteiger partial charge in [0.15, 0.2) is 5.96 Å². The van der Waals surface area contributed by atoms with E-state index < -0.39 is 0 Å². The second kappa shape index (κ2) is 10.5. The predicted molar refractivity (Wildman–Crippen MR) is 118 cm³/mol. The SMILES string of the molecule is CCNC(=NCCNC(=O)c1cccc(C)c1)N1CCN(c2ccccn2)CC1. The lowest BCUT2D eigenvalue weighted by Gasteiger charge is -2.37. The summed E-state index contributed by atoms with van der Waals surface area (Å²) in [6.07, 6.45) is 1.83. The maximum absolute atomic E-state index is 12.2. The molecule has 1 aliphatic rings.